The lowest BCUT2D eigenvalue weighted by atomic mass is 9.97. The number of fused-ring (bicyclic) bond motifs is 2. The van der Waals surface area contributed by atoms with Gasteiger partial charge >= 0.3 is 0 Å². The van der Waals surface area contributed by atoms with Crippen molar-refractivity contribution in [2.75, 3.05) is 19.6 Å². The number of carbonyl (C=O) groups is 1. The van der Waals surface area contributed by atoms with Gasteiger partial charge in [-0.05, 0) is 55.7 Å². The molecule has 1 aromatic heterocycles. The van der Waals surface area contributed by atoms with Gasteiger partial charge < -0.3 is 10.3 Å². The second kappa shape index (κ2) is 7.93. The van der Waals surface area contributed by atoms with Gasteiger partial charge in [-0.1, -0.05) is 12.2 Å². The summed E-state index contributed by atoms with van der Waals surface area (Å²) in [7, 11) is 0. The first kappa shape index (κ1) is 19.4. The molecular formula is C25H25N5O. The maximum Gasteiger partial charge on any atom is 0.257 e. The highest BCUT2D eigenvalue weighted by atomic mass is 16.2. The van der Waals surface area contributed by atoms with Crippen LogP contribution in [0.25, 0.3) is 16.5 Å². The van der Waals surface area contributed by atoms with Crippen LogP contribution in [0.1, 0.15) is 30.9 Å². The number of carbonyl (C=O) groups excluding carboxylic acids is 1. The number of hydrogen-bond donors (Lipinski definition) is 2. The summed E-state index contributed by atoms with van der Waals surface area (Å²) in [6.07, 6.45) is 13.7. The van der Waals surface area contributed by atoms with Crippen LogP contribution in [-0.2, 0) is 4.79 Å². The second-order valence-electron chi connectivity index (χ2n) is 8.24. The molecule has 2 N–H and O–H groups in total. The fourth-order valence-corrected chi connectivity index (χ4v) is 4.61. The lowest BCUT2D eigenvalue weighted by Crippen LogP contribution is -2.50. The molecule has 0 saturated heterocycles. The number of aromatic nitrogens is 1. The first-order valence-electron chi connectivity index (χ1n) is 10.7. The molecular weight excluding hydrogens is 386 g/mol. The fraction of sp³-hybridized carbons (Fsp3) is 0.280. The third kappa shape index (κ3) is 3.58. The summed E-state index contributed by atoms with van der Waals surface area (Å²) < 4.78 is 0. The van der Waals surface area contributed by atoms with Gasteiger partial charge in [-0.15, -0.1) is 0 Å². The van der Waals surface area contributed by atoms with E-state index < -0.39 is 0 Å². The zero-order chi connectivity index (χ0) is 21.4. The Labute approximate surface area is 181 Å². The lowest BCUT2D eigenvalue weighted by molar-refractivity contribution is -0.127. The Balaban J connectivity index is 1.26. The van der Waals surface area contributed by atoms with Crippen LogP contribution in [0.2, 0.25) is 0 Å². The number of benzene rings is 1. The van der Waals surface area contributed by atoms with Crippen molar-refractivity contribution in [1.29, 1.82) is 5.26 Å². The maximum atomic E-state index is 12.9. The van der Waals surface area contributed by atoms with Crippen LogP contribution < -0.4 is 5.32 Å². The van der Waals surface area contributed by atoms with Gasteiger partial charge in [0.1, 0.15) is 6.17 Å². The maximum absolute atomic E-state index is 12.9. The first-order valence-corrected chi connectivity index (χ1v) is 10.7. The summed E-state index contributed by atoms with van der Waals surface area (Å²) >= 11 is 0. The minimum atomic E-state index is -0.0700. The molecule has 2 aromatic rings. The number of nitrogens with zero attached hydrogens (tertiary/aromatic N) is 3. The Bertz CT molecular complexity index is 1210. The average molecular weight is 412 g/mol. The highest BCUT2D eigenvalue weighted by Gasteiger charge is 2.30. The van der Waals surface area contributed by atoms with Gasteiger partial charge in [-0.2, -0.15) is 5.26 Å². The highest BCUT2D eigenvalue weighted by molar-refractivity contribution is 5.96. The predicted molar refractivity (Wildman–Crippen MR) is 121 cm³/mol. The van der Waals surface area contributed by atoms with Gasteiger partial charge in [-0.25, -0.2) is 0 Å². The SMILES string of the molecule is CC1=C(CCN2CC=C(c3c[nH]c4ccc(C#N)cc34)CC2)C(=O)N2C=CC=CC2N1. The zero-order valence-corrected chi connectivity index (χ0v) is 17.6. The molecule has 1 amide bonds. The number of nitriles is 1. The van der Waals surface area contributed by atoms with Crippen molar-refractivity contribution in [3.05, 3.63) is 77.3 Å². The smallest absolute Gasteiger partial charge is 0.257 e. The lowest BCUT2D eigenvalue weighted by Gasteiger charge is -2.36. The van der Waals surface area contributed by atoms with Crippen LogP contribution in [0.3, 0.4) is 0 Å². The third-order valence-electron chi connectivity index (χ3n) is 6.39. The van der Waals surface area contributed by atoms with E-state index in [-0.39, 0.29) is 12.1 Å². The van der Waals surface area contributed by atoms with Crippen LogP contribution in [0.15, 0.2) is 66.2 Å². The van der Waals surface area contributed by atoms with E-state index in [9.17, 15) is 10.1 Å². The average Bonchev–Trinajstić information content (AvgIpc) is 3.22. The molecule has 0 bridgehead atoms. The van der Waals surface area contributed by atoms with Crippen molar-refractivity contribution in [2.45, 2.75) is 25.9 Å². The molecule has 1 unspecified atom stereocenters. The van der Waals surface area contributed by atoms with Crippen molar-refractivity contribution in [3.63, 3.8) is 0 Å². The number of allylic oxidation sites excluding steroid dienone is 3. The summed E-state index contributed by atoms with van der Waals surface area (Å²) in [5, 5.41) is 13.8. The molecule has 3 aliphatic rings. The van der Waals surface area contributed by atoms with E-state index in [1.807, 2.05) is 55.7 Å². The van der Waals surface area contributed by atoms with Crippen molar-refractivity contribution < 1.29 is 4.79 Å². The molecule has 156 valence electrons. The second-order valence-corrected chi connectivity index (χ2v) is 8.24. The van der Waals surface area contributed by atoms with Gasteiger partial charge in [0.25, 0.3) is 5.91 Å². The molecule has 0 spiro atoms. The van der Waals surface area contributed by atoms with Crippen molar-refractivity contribution in [3.8, 4) is 6.07 Å². The topological polar surface area (TPSA) is 75.2 Å². The number of nitrogens with one attached hydrogen (secondary N) is 2. The van der Waals surface area contributed by atoms with E-state index in [2.05, 4.69) is 27.3 Å². The molecule has 1 atom stereocenters. The summed E-state index contributed by atoms with van der Waals surface area (Å²) in [5.74, 6) is 0.0992. The Kier molecular flexibility index (Phi) is 4.97. The molecule has 31 heavy (non-hydrogen) atoms. The molecule has 5 rings (SSSR count). The van der Waals surface area contributed by atoms with Crippen LogP contribution in [0.5, 0.6) is 0 Å². The van der Waals surface area contributed by atoms with Gasteiger partial charge in [-0.3, -0.25) is 14.6 Å². The van der Waals surface area contributed by atoms with Crippen LogP contribution in [0.4, 0.5) is 0 Å². The van der Waals surface area contributed by atoms with Crippen molar-refractivity contribution in [1.82, 2.24) is 20.1 Å². The molecule has 6 heteroatoms. The van der Waals surface area contributed by atoms with E-state index in [0.29, 0.717) is 5.56 Å². The molecule has 4 heterocycles. The number of H-pyrrole nitrogens is 1. The standard InChI is InChI=1S/C25H25N5O/c1-17-20(25(31)30-10-3-2-4-24(30)28-17)9-13-29-11-7-19(8-12-29)22-16-27-23-6-5-18(15-26)14-21(22)23/h2-7,10,14,16,24,27-28H,8-9,11-13H2,1H3. The Hall–Kier alpha value is -3.56. The Morgan fingerprint density at radius 1 is 1.29 bits per heavy atom. The van der Waals surface area contributed by atoms with Gasteiger partial charge in [0.15, 0.2) is 0 Å². The number of amides is 1. The van der Waals surface area contributed by atoms with E-state index in [1.54, 1.807) is 4.90 Å². The predicted octanol–water partition coefficient (Wildman–Crippen LogP) is 3.63. The van der Waals surface area contributed by atoms with E-state index in [1.165, 1.54) is 11.1 Å². The summed E-state index contributed by atoms with van der Waals surface area (Å²) in [5.41, 5.74) is 6.09. The quantitative estimate of drug-likeness (QED) is 0.806. The molecule has 0 fully saturated rings. The Morgan fingerprint density at radius 3 is 3.00 bits per heavy atom. The third-order valence-corrected chi connectivity index (χ3v) is 6.39. The number of hydrogen-bond acceptors (Lipinski definition) is 4. The van der Waals surface area contributed by atoms with E-state index in [4.69, 9.17) is 0 Å². The molecule has 0 radical (unpaired) electrons. The van der Waals surface area contributed by atoms with Crippen LogP contribution in [0, 0.1) is 11.3 Å². The summed E-state index contributed by atoms with van der Waals surface area (Å²) in [6, 6.07) is 8.00. The molecule has 0 aliphatic carbocycles. The molecule has 6 nitrogen and oxygen atoms in total. The minimum Gasteiger partial charge on any atom is -0.365 e. The molecule has 3 aliphatic heterocycles. The number of aromatic amines is 1. The summed E-state index contributed by atoms with van der Waals surface area (Å²) in [4.78, 5) is 20.4. The molecule has 1 aromatic carbocycles. The zero-order valence-electron chi connectivity index (χ0n) is 17.6. The summed E-state index contributed by atoms with van der Waals surface area (Å²) in [6.45, 7) is 4.67. The van der Waals surface area contributed by atoms with Crippen LogP contribution in [-0.4, -0.2) is 46.5 Å². The van der Waals surface area contributed by atoms with Gasteiger partial charge in [0.05, 0.1) is 11.6 Å². The highest BCUT2D eigenvalue weighted by Crippen LogP contribution is 2.30. The first-order chi connectivity index (χ1) is 15.1. The minimum absolute atomic E-state index is 0.0700. The normalized spacial score (nSPS) is 21.2. The van der Waals surface area contributed by atoms with Crippen molar-refractivity contribution >= 4 is 22.4 Å². The fourth-order valence-electron chi connectivity index (χ4n) is 4.61. The monoisotopic (exact) mass is 411 g/mol. The van der Waals surface area contributed by atoms with Crippen molar-refractivity contribution in [2.24, 2.45) is 0 Å². The van der Waals surface area contributed by atoms with Gasteiger partial charge in [0.2, 0.25) is 0 Å². The van der Waals surface area contributed by atoms with Gasteiger partial charge in [0, 0.05) is 59.8 Å². The number of rotatable bonds is 4. The Morgan fingerprint density at radius 2 is 2.19 bits per heavy atom. The largest absolute Gasteiger partial charge is 0.365 e. The van der Waals surface area contributed by atoms with Crippen LogP contribution >= 0.6 is 0 Å². The van der Waals surface area contributed by atoms with E-state index >= 15 is 0 Å². The molecule has 0 saturated carbocycles. The van der Waals surface area contributed by atoms with E-state index in [0.717, 1.165) is 54.6 Å².